The van der Waals surface area contributed by atoms with Gasteiger partial charge in [-0.25, -0.2) is 15.3 Å². The predicted molar refractivity (Wildman–Crippen MR) is 118 cm³/mol. The highest BCUT2D eigenvalue weighted by atomic mass is 16.5. The zero-order valence-corrected chi connectivity index (χ0v) is 19.1. The number of carbonyl (C=O) groups excluding carboxylic acids is 4. The topological polar surface area (TPSA) is 128 Å². The van der Waals surface area contributed by atoms with E-state index in [1.807, 2.05) is 44.2 Å². The van der Waals surface area contributed by atoms with Crippen molar-refractivity contribution >= 4 is 23.8 Å². The Kier molecular flexibility index (Phi) is 9.19. The first-order chi connectivity index (χ1) is 15.1. The van der Waals surface area contributed by atoms with Crippen molar-refractivity contribution in [2.75, 3.05) is 0 Å². The molecule has 1 heterocycles. The number of nitrogens with zero attached hydrogens (tertiary/aromatic N) is 1. The van der Waals surface area contributed by atoms with E-state index in [0.29, 0.717) is 19.3 Å². The van der Waals surface area contributed by atoms with E-state index in [2.05, 4.69) is 10.7 Å². The minimum absolute atomic E-state index is 0.0869. The summed E-state index contributed by atoms with van der Waals surface area (Å²) in [5.74, 6) is -3.34. The standard InChI is InChI=1S/C23H34N4O5/c1-14(2)13-18(20(28)25-27-19(15(3)4)22(30)24-23(27)31)17(21(29)26-32)12-8-11-16-9-6-5-7-10-16/h5-7,9-10,14-15,17-19,32H,8,11-13H2,1-4H3,(H,25,28)(H,26,29)(H,24,30,31)/t17-,18+,19+/m0/s1. The summed E-state index contributed by atoms with van der Waals surface area (Å²) >= 11 is 0. The number of urea groups is 1. The lowest BCUT2D eigenvalue weighted by Crippen LogP contribution is -2.54. The number of imide groups is 1. The van der Waals surface area contributed by atoms with Gasteiger partial charge in [0.15, 0.2) is 0 Å². The molecule has 1 aromatic rings. The van der Waals surface area contributed by atoms with Gasteiger partial charge < -0.3 is 0 Å². The zero-order chi connectivity index (χ0) is 23.8. The minimum Gasteiger partial charge on any atom is -0.289 e. The summed E-state index contributed by atoms with van der Waals surface area (Å²) in [5.41, 5.74) is 5.37. The maximum absolute atomic E-state index is 13.2. The summed E-state index contributed by atoms with van der Waals surface area (Å²) in [6.07, 6.45) is 2.13. The molecule has 0 unspecified atom stereocenters. The number of hydrogen-bond acceptors (Lipinski definition) is 5. The van der Waals surface area contributed by atoms with E-state index >= 15 is 0 Å². The molecule has 0 aliphatic carbocycles. The smallest absolute Gasteiger partial charge is 0.289 e. The molecule has 32 heavy (non-hydrogen) atoms. The van der Waals surface area contributed by atoms with E-state index in [0.717, 1.165) is 17.0 Å². The lowest BCUT2D eigenvalue weighted by Gasteiger charge is -2.30. The van der Waals surface area contributed by atoms with Gasteiger partial charge in [-0.05, 0) is 43.1 Å². The number of hydroxylamine groups is 1. The summed E-state index contributed by atoms with van der Waals surface area (Å²) in [6.45, 7) is 7.42. The van der Waals surface area contributed by atoms with Crippen LogP contribution in [-0.4, -0.2) is 40.0 Å². The van der Waals surface area contributed by atoms with E-state index < -0.39 is 41.6 Å². The minimum atomic E-state index is -0.825. The Bertz CT molecular complexity index is 812. The van der Waals surface area contributed by atoms with Crippen LogP contribution < -0.4 is 16.2 Å². The largest absolute Gasteiger partial charge is 0.343 e. The summed E-state index contributed by atoms with van der Waals surface area (Å²) in [5, 5.41) is 12.5. The van der Waals surface area contributed by atoms with Gasteiger partial charge in [0.05, 0.1) is 11.8 Å². The summed E-state index contributed by atoms with van der Waals surface area (Å²) in [4.78, 5) is 50.1. The molecular weight excluding hydrogens is 412 g/mol. The van der Waals surface area contributed by atoms with Crippen LogP contribution in [0.15, 0.2) is 30.3 Å². The average Bonchev–Trinajstić information content (AvgIpc) is 3.02. The monoisotopic (exact) mass is 446 g/mol. The highest BCUT2D eigenvalue weighted by Gasteiger charge is 2.43. The maximum atomic E-state index is 13.2. The Labute approximate surface area is 188 Å². The zero-order valence-electron chi connectivity index (χ0n) is 19.1. The Morgan fingerprint density at radius 1 is 1.06 bits per heavy atom. The Morgan fingerprint density at radius 3 is 2.28 bits per heavy atom. The van der Waals surface area contributed by atoms with Crippen molar-refractivity contribution in [2.45, 2.75) is 59.4 Å². The van der Waals surface area contributed by atoms with Gasteiger partial charge in [-0.3, -0.25) is 30.3 Å². The van der Waals surface area contributed by atoms with Gasteiger partial charge in [-0.2, -0.15) is 0 Å². The van der Waals surface area contributed by atoms with Crippen molar-refractivity contribution in [1.29, 1.82) is 0 Å². The van der Waals surface area contributed by atoms with Gasteiger partial charge in [0.1, 0.15) is 6.04 Å². The third kappa shape index (κ3) is 6.53. The molecule has 4 N–H and O–H groups in total. The van der Waals surface area contributed by atoms with E-state index in [1.165, 1.54) is 0 Å². The van der Waals surface area contributed by atoms with Crippen molar-refractivity contribution in [3.63, 3.8) is 0 Å². The number of amides is 5. The fourth-order valence-electron chi connectivity index (χ4n) is 4.14. The fraction of sp³-hybridized carbons (Fsp3) is 0.565. The second-order valence-corrected chi connectivity index (χ2v) is 9.03. The van der Waals surface area contributed by atoms with Crippen LogP contribution >= 0.6 is 0 Å². The van der Waals surface area contributed by atoms with Gasteiger partial charge in [-0.15, -0.1) is 0 Å². The summed E-state index contributed by atoms with van der Waals surface area (Å²) in [7, 11) is 0. The van der Waals surface area contributed by atoms with Gasteiger partial charge in [0.2, 0.25) is 11.8 Å². The summed E-state index contributed by atoms with van der Waals surface area (Å²) in [6, 6.07) is 8.28. The first kappa shape index (κ1) is 25.3. The van der Waals surface area contributed by atoms with Crippen LogP contribution in [0.5, 0.6) is 0 Å². The number of aryl methyl sites for hydroxylation is 1. The van der Waals surface area contributed by atoms with Gasteiger partial charge in [-0.1, -0.05) is 58.0 Å². The number of nitrogens with one attached hydrogen (secondary N) is 3. The van der Waals surface area contributed by atoms with Gasteiger partial charge >= 0.3 is 6.03 Å². The molecule has 1 aliphatic rings. The highest BCUT2D eigenvalue weighted by molar-refractivity contribution is 6.05. The molecule has 1 aromatic carbocycles. The van der Waals surface area contributed by atoms with Gasteiger partial charge in [0.25, 0.3) is 5.91 Å². The molecule has 3 atom stereocenters. The van der Waals surface area contributed by atoms with Crippen LogP contribution in [0, 0.1) is 23.7 Å². The quantitative estimate of drug-likeness (QED) is 0.236. The molecule has 0 radical (unpaired) electrons. The van der Waals surface area contributed by atoms with E-state index in [4.69, 9.17) is 0 Å². The molecule has 2 rings (SSSR count). The first-order valence-corrected chi connectivity index (χ1v) is 11.1. The molecule has 0 spiro atoms. The van der Waals surface area contributed by atoms with Crippen molar-refractivity contribution in [2.24, 2.45) is 23.7 Å². The molecule has 1 aliphatic heterocycles. The molecule has 0 aromatic heterocycles. The Morgan fingerprint density at radius 2 is 1.72 bits per heavy atom. The molecule has 0 bridgehead atoms. The van der Waals surface area contributed by atoms with Crippen LogP contribution in [0.4, 0.5) is 4.79 Å². The van der Waals surface area contributed by atoms with Crippen molar-refractivity contribution < 1.29 is 24.4 Å². The first-order valence-electron chi connectivity index (χ1n) is 11.1. The molecule has 9 nitrogen and oxygen atoms in total. The lowest BCUT2D eigenvalue weighted by atomic mass is 9.81. The molecule has 1 saturated heterocycles. The maximum Gasteiger partial charge on any atom is 0.343 e. The Balaban J connectivity index is 2.18. The normalized spacial score (nSPS) is 18.0. The third-order valence-electron chi connectivity index (χ3n) is 5.68. The van der Waals surface area contributed by atoms with Crippen molar-refractivity contribution in [3.05, 3.63) is 35.9 Å². The number of rotatable bonds is 11. The molecule has 176 valence electrons. The predicted octanol–water partition coefficient (Wildman–Crippen LogP) is 2.40. The molecule has 1 fully saturated rings. The van der Waals surface area contributed by atoms with Gasteiger partial charge in [0, 0.05) is 0 Å². The molecular formula is C23H34N4O5. The van der Waals surface area contributed by atoms with Crippen LogP contribution in [0.25, 0.3) is 0 Å². The van der Waals surface area contributed by atoms with Crippen molar-refractivity contribution in [1.82, 2.24) is 21.2 Å². The highest BCUT2D eigenvalue weighted by Crippen LogP contribution is 2.27. The number of benzene rings is 1. The molecule has 9 heteroatoms. The van der Waals surface area contributed by atoms with Crippen molar-refractivity contribution in [3.8, 4) is 0 Å². The average molecular weight is 447 g/mol. The second-order valence-electron chi connectivity index (χ2n) is 9.03. The van der Waals surface area contributed by atoms with E-state index in [9.17, 15) is 24.4 Å². The molecule has 0 saturated carbocycles. The SMILES string of the molecule is CC(C)C[C@@H](C(=O)NN1C(=O)NC(=O)[C@H]1C(C)C)[C@H](CCCc1ccccc1)C(=O)NO. The van der Waals surface area contributed by atoms with Crippen LogP contribution in [-0.2, 0) is 20.8 Å². The summed E-state index contributed by atoms with van der Waals surface area (Å²) < 4.78 is 0. The lowest BCUT2D eigenvalue weighted by molar-refractivity contribution is -0.143. The third-order valence-corrected chi connectivity index (χ3v) is 5.68. The fourth-order valence-corrected chi connectivity index (χ4v) is 4.14. The number of hydrogen-bond donors (Lipinski definition) is 4. The molecule has 5 amide bonds. The van der Waals surface area contributed by atoms with Crippen LogP contribution in [0.2, 0.25) is 0 Å². The second kappa shape index (κ2) is 11.6. The van der Waals surface area contributed by atoms with E-state index in [-0.39, 0.29) is 11.8 Å². The van der Waals surface area contributed by atoms with Crippen LogP contribution in [0.1, 0.15) is 52.5 Å². The number of carbonyl (C=O) groups is 4. The van der Waals surface area contributed by atoms with Crippen LogP contribution in [0.3, 0.4) is 0 Å². The Hall–Kier alpha value is -2.94. The number of hydrazine groups is 1. The van der Waals surface area contributed by atoms with E-state index in [1.54, 1.807) is 19.3 Å².